The van der Waals surface area contributed by atoms with Crippen LogP contribution in [0.4, 0.5) is 4.39 Å². The molecule has 4 rings (SSSR count). The van der Waals surface area contributed by atoms with E-state index in [2.05, 4.69) is 10.2 Å². The highest BCUT2D eigenvalue weighted by Crippen LogP contribution is 2.38. The number of allylic oxidation sites excluding steroid dienone is 2. The molecular formula is C27H31FN2O5. The van der Waals surface area contributed by atoms with E-state index in [0.29, 0.717) is 35.0 Å². The van der Waals surface area contributed by atoms with Crippen LogP contribution in [-0.2, 0) is 4.74 Å². The Bertz CT molecular complexity index is 1100. The van der Waals surface area contributed by atoms with E-state index in [1.54, 1.807) is 25.1 Å². The summed E-state index contributed by atoms with van der Waals surface area (Å²) >= 11 is 0. The van der Waals surface area contributed by atoms with Crippen molar-refractivity contribution < 1.29 is 28.2 Å². The van der Waals surface area contributed by atoms with Crippen LogP contribution < -0.4 is 14.8 Å². The predicted octanol–water partition coefficient (Wildman–Crippen LogP) is 4.33. The van der Waals surface area contributed by atoms with Crippen LogP contribution in [0.2, 0.25) is 0 Å². The van der Waals surface area contributed by atoms with Crippen molar-refractivity contribution in [2.45, 2.75) is 45.9 Å². The second-order valence-corrected chi connectivity index (χ2v) is 9.04. The molecule has 2 aliphatic heterocycles. The molecular weight excluding hydrogens is 451 g/mol. The summed E-state index contributed by atoms with van der Waals surface area (Å²) in [5, 5.41) is 3.03. The molecule has 1 amide bonds. The van der Waals surface area contributed by atoms with Crippen LogP contribution in [0.5, 0.6) is 11.5 Å². The van der Waals surface area contributed by atoms with Crippen LogP contribution in [0.3, 0.4) is 0 Å². The Morgan fingerprint density at radius 2 is 1.89 bits per heavy atom. The summed E-state index contributed by atoms with van der Waals surface area (Å²) in [5.41, 5.74) is 1.72. The number of nitrogens with one attached hydrogen (secondary N) is 1. The van der Waals surface area contributed by atoms with E-state index >= 15 is 0 Å². The van der Waals surface area contributed by atoms with Gasteiger partial charge in [-0.2, -0.15) is 0 Å². The summed E-state index contributed by atoms with van der Waals surface area (Å²) in [5.74, 6) is 0.605. The largest absolute Gasteiger partial charge is 0.464 e. The van der Waals surface area contributed by atoms with E-state index in [1.165, 1.54) is 24.3 Å². The van der Waals surface area contributed by atoms with Crippen LogP contribution in [0.15, 0.2) is 53.8 Å². The van der Waals surface area contributed by atoms with E-state index in [9.17, 15) is 14.0 Å². The first-order valence-electron chi connectivity index (χ1n) is 11.9. The second-order valence-electron chi connectivity index (χ2n) is 9.04. The van der Waals surface area contributed by atoms with Crippen molar-refractivity contribution in [1.82, 2.24) is 10.2 Å². The van der Waals surface area contributed by atoms with E-state index in [0.717, 1.165) is 38.0 Å². The van der Waals surface area contributed by atoms with Gasteiger partial charge in [0.2, 0.25) is 5.78 Å². The number of amides is 1. The van der Waals surface area contributed by atoms with Crippen LogP contribution in [-0.4, -0.2) is 55.2 Å². The minimum atomic E-state index is -0.530. The minimum Gasteiger partial charge on any atom is -0.464 e. The number of carbonyl (C=O) groups excluding carboxylic acids is 2. The molecule has 2 aliphatic rings. The fraction of sp³-hybridized carbons (Fsp3) is 0.407. The number of Topliss-reactive ketones (excluding diaryl/α,β-unsaturated/α-hetero) is 1. The predicted molar refractivity (Wildman–Crippen MR) is 129 cm³/mol. The molecule has 1 saturated heterocycles. The highest BCUT2D eigenvalue weighted by molar-refractivity contribution is 6.14. The van der Waals surface area contributed by atoms with Gasteiger partial charge in [0.25, 0.3) is 5.91 Å². The van der Waals surface area contributed by atoms with Crippen molar-refractivity contribution >= 4 is 11.7 Å². The van der Waals surface area contributed by atoms with Gasteiger partial charge in [0.05, 0.1) is 6.61 Å². The zero-order chi connectivity index (χ0) is 24.9. The molecule has 0 aliphatic carbocycles. The quantitative estimate of drug-likeness (QED) is 0.446. The molecule has 2 heterocycles. The smallest absolute Gasteiger partial charge is 0.251 e. The number of benzene rings is 2. The van der Waals surface area contributed by atoms with Crippen molar-refractivity contribution in [3.05, 3.63) is 70.7 Å². The second kappa shape index (κ2) is 11.0. The highest BCUT2D eigenvalue weighted by atomic mass is 19.1. The van der Waals surface area contributed by atoms with Gasteiger partial charge in [-0.05, 0) is 75.6 Å². The van der Waals surface area contributed by atoms with Crippen molar-refractivity contribution in [3.63, 3.8) is 0 Å². The zero-order valence-electron chi connectivity index (χ0n) is 20.3. The first kappa shape index (κ1) is 24.9. The normalized spacial score (nSPS) is 17.0. The lowest BCUT2D eigenvalue weighted by atomic mass is 10.0. The maximum absolute atomic E-state index is 13.0. The third-order valence-electron chi connectivity index (χ3n) is 6.17. The fourth-order valence-corrected chi connectivity index (χ4v) is 4.25. The van der Waals surface area contributed by atoms with Crippen molar-refractivity contribution in [2.24, 2.45) is 0 Å². The molecule has 35 heavy (non-hydrogen) atoms. The molecule has 7 nitrogen and oxygen atoms in total. The average Bonchev–Trinajstić information content (AvgIpc) is 3.18. The van der Waals surface area contributed by atoms with E-state index in [1.807, 2.05) is 13.8 Å². The molecule has 0 saturated carbocycles. The van der Waals surface area contributed by atoms with Crippen molar-refractivity contribution in [2.75, 3.05) is 26.2 Å². The lowest BCUT2D eigenvalue weighted by molar-refractivity contribution is -0.0728. The Kier molecular flexibility index (Phi) is 7.83. The molecule has 1 atom stereocenters. The number of hydrogen-bond donors (Lipinski definition) is 1. The summed E-state index contributed by atoms with van der Waals surface area (Å²) in [6.45, 7) is 8.39. The number of rotatable bonds is 8. The number of piperidine rings is 1. The van der Waals surface area contributed by atoms with Crippen LogP contribution in [0.1, 0.15) is 54.3 Å². The number of hydrogen-bond acceptors (Lipinski definition) is 6. The molecule has 2 aromatic rings. The maximum atomic E-state index is 13.0. The zero-order valence-corrected chi connectivity index (χ0v) is 20.3. The molecule has 0 aromatic heterocycles. The number of ketones is 1. The van der Waals surface area contributed by atoms with Crippen molar-refractivity contribution in [1.29, 1.82) is 0 Å². The first-order valence-corrected chi connectivity index (χ1v) is 11.9. The summed E-state index contributed by atoms with van der Waals surface area (Å²) in [6, 6.07) is 11.0. The molecule has 0 bridgehead atoms. The molecule has 1 unspecified atom stereocenters. The summed E-state index contributed by atoms with van der Waals surface area (Å²) < 4.78 is 30.5. The molecule has 186 valence electrons. The Morgan fingerprint density at radius 3 is 2.57 bits per heavy atom. The van der Waals surface area contributed by atoms with Gasteiger partial charge in [-0.1, -0.05) is 6.07 Å². The average molecular weight is 483 g/mol. The van der Waals surface area contributed by atoms with Gasteiger partial charge >= 0.3 is 0 Å². The maximum Gasteiger partial charge on any atom is 0.251 e. The number of halogens is 1. The Morgan fingerprint density at radius 1 is 1.17 bits per heavy atom. The van der Waals surface area contributed by atoms with Gasteiger partial charge in [-0.3, -0.25) is 9.59 Å². The third-order valence-corrected chi connectivity index (χ3v) is 6.17. The number of likely N-dealkylation sites (tertiary alicyclic amines) is 1. The van der Waals surface area contributed by atoms with Gasteiger partial charge in [-0.15, -0.1) is 0 Å². The van der Waals surface area contributed by atoms with Crippen molar-refractivity contribution in [3.8, 4) is 11.5 Å². The lowest BCUT2D eigenvalue weighted by Gasteiger charge is -2.32. The number of fused-ring (bicyclic) bond motifs is 1. The number of ether oxygens (including phenoxy) is 3. The van der Waals surface area contributed by atoms with Gasteiger partial charge in [-0.25, -0.2) is 4.39 Å². The minimum absolute atomic E-state index is 0.0950. The molecule has 1 fully saturated rings. The topological polar surface area (TPSA) is 77.1 Å². The van der Waals surface area contributed by atoms with Crippen LogP contribution in [0.25, 0.3) is 0 Å². The SMILES string of the molecule is CC(C)=C1Oc2cccc(OC(C)OCCN3CCC(NC(=O)c4ccc(F)cc4)CC3)c2C1=O. The molecule has 2 aromatic carbocycles. The molecule has 1 N–H and O–H groups in total. The number of carbonyl (C=O) groups is 2. The van der Waals surface area contributed by atoms with E-state index in [-0.39, 0.29) is 23.5 Å². The standard InChI is InChI=1S/C27H31FN2O5/c1-17(2)26-25(31)24-22(5-4-6-23(24)35-26)34-18(3)33-16-15-30-13-11-21(12-14-30)29-27(32)19-7-9-20(28)10-8-19/h4-10,18,21H,11-16H2,1-3H3,(H,29,32). The molecule has 0 radical (unpaired) electrons. The monoisotopic (exact) mass is 482 g/mol. The van der Waals surface area contributed by atoms with E-state index in [4.69, 9.17) is 14.2 Å². The first-order chi connectivity index (χ1) is 16.8. The Hall–Kier alpha value is -3.23. The van der Waals surface area contributed by atoms with Gasteiger partial charge in [0, 0.05) is 31.2 Å². The fourth-order valence-electron chi connectivity index (χ4n) is 4.25. The summed E-state index contributed by atoms with van der Waals surface area (Å²) in [4.78, 5) is 27.3. The summed E-state index contributed by atoms with van der Waals surface area (Å²) in [7, 11) is 0. The number of nitrogens with zero attached hydrogens (tertiary/aromatic N) is 1. The van der Waals surface area contributed by atoms with Crippen LogP contribution in [0, 0.1) is 5.82 Å². The highest BCUT2D eigenvalue weighted by Gasteiger charge is 2.32. The van der Waals surface area contributed by atoms with Crippen LogP contribution >= 0.6 is 0 Å². The van der Waals surface area contributed by atoms with E-state index < -0.39 is 6.29 Å². The Balaban J connectivity index is 1.19. The van der Waals surface area contributed by atoms with Gasteiger partial charge < -0.3 is 24.4 Å². The summed E-state index contributed by atoms with van der Waals surface area (Å²) in [6.07, 6.45) is 1.14. The molecule has 0 spiro atoms. The Labute approximate surface area is 204 Å². The third kappa shape index (κ3) is 6.07. The van der Waals surface area contributed by atoms with Gasteiger partial charge in [0.1, 0.15) is 22.9 Å². The lowest BCUT2D eigenvalue weighted by Crippen LogP contribution is -2.45. The van der Waals surface area contributed by atoms with Gasteiger partial charge in [0.15, 0.2) is 12.0 Å². The molecule has 8 heteroatoms.